The van der Waals surface area contributed by atoms with Crippen LogP contribution in [-0.2, 0) is 35.1 Å². The number of likely N-dealkylation sites (tertiary alicyclic amines) is 1. The molecule has 0 spiro atoms. The highest BCUT2D eigenvalue weighted by molar-refractivity contribution is 6.08. The van der Waals surface area contributed by atoms with Crippen molar-refractivity contribution in [2.45, 2.75) is 38.6 Å². The summed E-state index contributed by atoms with van der Waals surface area (Å²) in [6.45, 7) is 1.38. The van der Waals surface area contributed by atoms with Crippen molar-refractivity contribution >= 4 is 35.3 Å². The molecule has 198 valence electrons. The molecule has 38 heavy (non-hydrogen) atoms. The van der Waals surface area contributed by atoms with Crippen molar-refractivity contribution in [1.29, 1.82) is 0 Å². The van der Waals surface area contributed by atoms with Gasteiger partial charge in [-0.2, -0.15) is 0 Å². The Hall–Kier alpha value is -4.01. The lowest BCUT2D eigenvalue weighted by atomic mass is 9.81. The lowest BCUT2D eigenvalue weighted by molar-refractivity contribution is -0.160. The van der Waals surface area contributed by atoms with Crippen LogP contribution in [0.3, 0.4) is 0 Å². The van der Waals surface area contributed by atoms with Gasteiger partial charge in [0, 0.05) is 12.1 Å². The second kappa shape index (κ2) is 10.8. The number of rotatable bonds is 9. The topological polar surface area (TPSA) is 119 Å². The largest absolute Gasteiger partial charge is 0.462 e. The molecule has 0 aromatic heterocycles. The molecule has 3 amide bonds. The number of anilines is 1. The Labute approximate surface area is 220 Å². The van der Waals surface area contributed by atoms with E-state index in [-0.39, 0.29) is 48.5 Å². The molecule has 1 aliphatic heterocycles. The number of carbonyl (C=O) groups excluding carboxylic acids is 5. The summed E-state index contributed by atoms with van der Waals surface area (Å²) in [5.41, 5.74) is 1.53. The number of benzene rings is 2. The lowest BCUT2D eigenvalue weighted by Crippen LogP contribution is -2.48. The maximum Gasteiger partial charge on any atom is 0.338 e. The third-order valence-corrected chi connectivity index (χ3v) is 7.84. The number of esters is 2. The van der Waals surface area contributed by atoms with Crippen LogP contribution < -0.4 is 5.32 Å². The number of nitrogens with zero attached hydrogens (tertiary/aromatic N) is 1. The normalized spacial score (nSPS) is 24.2. The molecular formula is C29H30N2O7. The van der Waals surface area contributed by atoms with Gasteiger partial charge in [-0.25, -0.2) is 9.59 Å². The number of hydrogen-bond acceptors (Lipinski definition) is 7. The number of carbonyl (C=O) groups is 5. The van der Waals surface area contributed by atoms with Crippen LogP contribution in [0.4, 0.5) is 5.69 Å². The van der Waals surface area contributed by atoms with E-state index in [1.54, 1.807) is 19.1 Å². The first-order chi connectivity index (χ1) is 18.4. The van der Waals surface area contributed by atoms with E-state index < -0.39 is 30.5 Å². The van der Waals surface area contributed by atoms with Gasteiger partial charge in [0.05, 0.1) is 24.0 Å². The van der Waals surface area contributed by atoms with Gasteiger partial charge < -0.3 is 14.8 Å². The summed E-state index contributed by atoms with van der Waals surface area (Å²) in [5, 5.41) is 2.61. The molecule has 1 saturated heterocycles. The van der Waals surface area contributed by atoms with E-state index >= 15 is 0 Å². The fourth-order valence-corrected chi connectivity index (χ4v) is 6.19. The third kappa shape index (κ3) is 4.92. The maximum absolute atomic E-state index is 13.4. The third-order valence-electron chi connectivity index (χ3n) is 7.84. The van der Waals surface area contributed by atoms with Crippen molar-refractivity contribution in [1.82, 2.24) is 4.90 Å². The van der Waals surface area contributed by atoms with Crippen molar-refractivity contribution in [3.05, 3.63) is 65.7 Å². The van der Waals surface area contributed by atoms with Gasteiger partial charge in [-0.3, -0.25) is 19.3 Å². The Morgan fingerprint density at radius 1 is 0.921 bits per heavy atom. The SMILES string of the molecule is CCOC(=O)c1ccc(NC(=O)COC(=O)[C@H](Cc2ccccc2)N2C(=O)[C@@H]3[C@H]4CC[C@@H](C4)[C@@H]3C2=O)cc1. The number of nitrogens with one attached hydrogen (secondary N) is 1. The molecule has 2 bridgehead atoms. The highest BCUT2D eigenvalue weighted by Crippen LogP contribution is 2.56. The standard InChI is InChI=1S/C29H30N2O7/c1-2-37-28(35)18-10-12-21(13-11-18)30-23(32)16-38-29(36)22(14-17-6-4-3-5-7-17)31-26(33)24-19-8-9-20(15-19)25(24)27(31)34/h3-7,10-13,19-20,22,24-25H,2,8-9,14-16H2,1H3,(H,30,32)/t19-,20-,22-,24-,25+/m0/s1. The first-order valence-corrected chi connectivity index (χ1v) is 13.0. The smallest absolute Gasteiger partial charge is 0.338 e. The Kier molecular flexibility index (Phi) is 7.26. The number of imide groups is 1. The quantitative estimate of drug-likeness (QED) is 0.400. The molecule has 2 aromatic carbocycles. The van der Waals surface area contributed by atoms with E-state index in [9.17, 15) is 24.0 Å². The summed E-state index contributed by atoms with van der Waals surface area (Å²) < 4.78 is 10.3. The van der Waals surface area contributed by atoms with Crippen molar-refractivity contribution in [2.24, 2.45) is 23.7 Å². The van der Waals surface area contributed by atoms with Crippen LogP contribution in [-0.4, -0.2) is 53.8 Å². The monoisotopic (exact) mass is 518 g/mol. The van der Waals surface area contributed by atoms with Gasteiger partial charge in [-0.15, -0.1) is 0 Å². The molecule has 2 saturated carbocycles. The van der Waals surface area contributed by atoms with Gasteiger partial charge in [0.25, 0.3) is 5.91 Å². The highest BCUT2D eigenvalue weighted by Gasteiger charge is 2.62. The Morgan fingerprint density at radius 3 is 2.16 bits per heavy atom. The van der Waals surface area contributed by atoms with Crippen molar-refractivity contribution in [2.75, 3.05) is 18.5 Å². The van der Waals surface area contributed by atoms with Crippen LogP contribution in [0.1, 0.15) is 42.1 Å². The molecule has 5 atom stereocenters. The second-order valence-electron chi connectivity index (χ2n) is 10.1. The zero-order valence-electron chi connectivity index (χ0n) is 21.1. The number of amides is 3. The summed E-state index contributed by atoms with van der Waals surface area (Å²) in [7, 11) is 0. The molecule has 0 unspecified atom stereocenters. The summed E-state index contributed by atoms with van der Waals surface area (Å²) in [6, 6.07) is 14.1. The first-order valence-electron chi connectivity index (χ1n) is 13.0. The van der Waals surface area contributed by atoms with Gasteiger partial charge in [0.2, 0.25) is 11.8 Å². The van der Waals surface area contributed by atoms with Crippen molar-refractivity contribution in [3.8, 4) is 0 Å². The van der Waals surface area contributed by atoms with E-state index in [4.69, 9.17) is 9.47 Å². The predicted molar refractivity (Wildman–Crippen MR) is 136 cm³/mol. The van der Waals surface area contributed by atoms with Gasteiger partial charge in [0.15, 0.2) is 6.61 Å². The summed E-state index contributed by atoms with van der Waals surface area (Å²) in [5.74, 6) is -2.76. The molecule has 9 nitrogen and oxygen atoms in total. The molecular weight excluding hydrogens is 488 g/mol. The fraction of sp³-hybridized carbons (Fsp3) is 0.414. The van der Waals surface area contributed by atoms with Crippen LogP contribution in [0, 0.1) is 23.7 Å². The first kappa shape index (κ1) is 25.6. The molecule has 3 fully saturated rings. The zero-order valence-corrected chi connectivity index (χ0v) is 21.1. The summed E-state index contributed by atoms with van der Waals surface area (Å²) in [4.78, 5) is 65.5. The lowest BCUT2D eigenvalue weighted by Gasteiger charge is -2.26. The minimum Gasteiger partial charge on any atom is -0.462 e. The van der Waals surface area contributed by atoms with Crippen LogP contribution in [0.25, 0.3) is 0 Å². The number of ether oxygens (including phenoxy) is 2. The average molecular weight is 519 g/mol. The summed E-state index contributed by atoms with van der Waals surface area (Å²) >= 11 is 0. The predicted octanol–water partition coefficient (Wildman–Crippen LogP) is 2.99. The Morgan fingerprint density at radius 2 is 1.55 bits per heavy atom. The molecule has 2 aromatic rings. The second-order valence-corrected chi connectivity index (χ2v) is 10.1. The number of fused-ring (bicyclic) bond motifs is 5. The van der Waals surface area contributed by atoms with Crippen LogP contribution in [0.15, 0.2) is 54.6 Å². The minimum atomic E-state index is -1.14. The molecule has 3 aliphatic rings. The molecule has 1 heterocycles. The molecule has 9 heteroatoms. The van der Waals surface area contributed by atoms with Crippen molar-refractivity contribution < 1.29 is 33.4 Å². The van der Waals surface area contributed by atoms with E-state index in [0.29, 0.717) is 11.3 Å². The van der Waals surface area contributed by atoms with Gasteiger partial charge in [-0.1, -0.05) is 30.3 Å². The average Bonchev–Trinajstić information content (AvgIpc) is 3.61. The Bertz CT molecular complexity index is 1220. The minimum absolute atomic E-state index is 0.114. The van der Waals surface area contributed by atoms with Crippen LogP contribution in [0.2, 0.25) is 0 Å². The Balaban J connectivity index is 1.25. The number of hydrogen-bond donors (Lipinski definition) is 1. The van der Waals surface area contributed by atoms with Gasteiger partial charge in [-0.05, 0) is 67.9 Å². The molecule has 2 aliphatic carbocycles. The van der Waals surface area contributed by atoms with E-state index in [0.717, 1.165) is 29.7 Å². The zero-order chi connectivity index (χ0) is 26.8. The highest BCUT2D eigenvalue weighted by atomic mass is 16.5. The van der Waals surface area contributed by atoms with Crippen LogP contribution >= 0.6 is 0 Å². The van der Waals surface area contributed by atoms with Gasteiger partial charge >= 0.3 is 11.9 Å². The molecule has 1 N–H and O–H groups in total. The molecule has 5 rings (SSSR count). The van der Waals surface area contributed by atoms with Gasteiger partial charge in [0.1, 0.15) is 6.04 Å². The van der Waals surface area contributed by atoms with Crippen molar-refractivity contribution in [3.63, 3.8) is 0 Å². The van der Waals surface area contributed by atoms with E-state index in [1.165, 1.54) is 12.1 Å². The fourth-order valence-electron chi connectivity index (χ4n) is 6.19. The van der Waals surface area contributed by atoms with E-state index in [1.807, 2.05) is 30.3 Å². The van der Waals surface area contributed by atoms with E-state index in [2.05, 4.69) is 5.32 Å². The van der Waals surface area contributed by atoms with Crippen LogP contribution in [0.5, 0.6) is 0 Å². The molecule has 0 radical (unpaired) electrons. The summed E-state index contributed by atoms with van der Waals surface area (Å²) in [6.07, 6.45) is 2.89. The maximum atomic E-state index is 13.4.